The standard InChI is InChI=1S/C33H32/c1-4-5-10-22-15-18-25(21-22)33(2,3)32-28-19-16-23-11-6-8-13-26(23)30(28)31-27-14-9-7-12-24(27)17-20-29(31)32/h6-9,11-14,16-21,32H,4-5,10,15H2,1-3H3. The van der Waals surface area contributed by atoms with Gasteiger partial charge in [0, 0.05) is 11.3 Å². The molecular formula is C33H32. The van der Waals surface area contributed by atoms with Gasteiger partial charge in [-0.05, 0) is 68.6 Å². The molecule has 2 aliphatic rings. The average Bonchev–Trinajstić information content (AvgIpc) is 3.46. The summed E-state index contributed by atoms with van der Waals surface area (Å²) in [5, 5.41) is 5.42. The van der Waals surface area contributed by atoms with E-state index in [1.165, 1.54) is 68.6 Å². The molecule has 4 aromatic carbocycles. The van der Waals surface area contributed by atoms with Gasteiger partial charge in [0.2, 0.25) is 0 Å². The number of fused-ring (bicyclic) bond motifs is 7. The Kier molecular flexibility index (Phi) is 4.80. The molecule has 6 rings (SSSR count). The van der Waals surface area contributed by atoms with Crippen molar-refractivity contribution in [3.63, 3.8) is 0 Å². The van der Waals surface area contributed by atoms with Gasteiger partial charge in [-0.2, -0.15) is 0 Å². The zero-order valence-electron chi connectivity index (χ0n) is 20.0. The first-order chi connectivity index (χ1) is 16.1. The predicted molar refractivity (Wildman–Crippen MR) is 143 cm³/mol. The minimum absolute atomic E-state index is 0.0267. The van der Waals surface area contributed by atoms with E-state index in [4.69, 9.17) is 0 Å². The fraction of sp³-hybridized carbons (Fsp3) is 0.273. The molecule has 0 fully saturated rings. The van der Waals surface area contributed by atoms with Crippen LogP contribution in [0.3, 0.4) is 0 Å². The Morgan fingerprint density at radius 3 is 1.91 bits per heavy atom. The molecule has 0 aromatic heterocycles. The lowest BCUT2D eigenvalue weighted by Crippen LogP contribution is -2.23. The van der Waals surface area contributed by atoms with Crippen LogP contribution in [0.5, 0.6) is 0 Å². The lowest BCUT2D eigenvalue weighted by atomic mass is 9.69. The van der Waals surface area contributed by atoms with Crippen LogP contribution in [0.15, 0.2) is 96.1 Å². The Morgan fingerprint density at radius 2 is 1.33 bits per heavy atom. The van der Waals surface area contributed by atoms with Gasteiger partial charge in [0.05, 0.1) is 0 Å². The normalized spacial score (nSPS) is 15.6. The van der Waals surface area contributed by atoms with Crippen LogP contribution in [0.1, 0.15) is 63.5 Å². The molecule has 0 N–H and O–H groups in total. The van der Waals surface area contributed by atoms with Crippen LogP contribution in [0.4, 0.5) is 0 Å². The van der Waals surface area contributed by atoms with E-state index in [1.54, 1.807) is 5.57 Å². The second-order valence-electron chi connectivity index (χ2n) is 10.4. The van der Waals surface area contributed by atoms with E-state index >= 15 is 0 Å². The highest BCUT2D eigenvalue weighted by molar-refractivity contribution is 6.10. The summed E-state index contributed by atoms with van der Waals surface area (Å²) < 4.78 is 0. The Balaban J connectivity index is 1.60. The Morgan fingerprint density at radius 1 is 0.758 bits per heavy atom. The van der Waals surface area contributed by atoms with E-state index in [1.807, 2.05) is 0 Å². The van der Waals surface area contributed by atoms with Crippen molar-refractivity contribution in [3.8, 4) is 11.1 Å². The third-order valence-corrected chi connectivity index (χ3v) is 8.06. The SMILES string of the molecule is CCCCC1=CC(C(C)(C)C2c3ccc4ccccc4c3-c3c2ccc2ccccc32)=CC1. The van der Waals surface area contributed by atoms with Crippen molar-refractivity contribution in [2.45, 2.75) is 52.4 Å². The number of hydrogen-bond acceptors (Lipinski definition) is 0. The van der Waals surface area contributed by atoms with Crippen LogP contribution >= 0.6 is 0 Å². The Hall–Kier alpha value is -3.12. The van der Waals surface area contributed by atoms with Crippen LogP contribution in [-0.2, 0) is 0 Å². The van der Waals surface area contributed by atoms with Crippen molar-refractivity contribution in [2.75, 3.05) is 0 Å². The Bertz CT molecular complexity index is 1360. The van der Waals surface area contributed by atoms with Gasteiger partial charge in [0.1, 0.15) is 0 Å². The van der Waals surface area contributed by atoms with E-state index < -0.39 is 0 Å². The van der Waals surface area contributed by atoms with E-state index in [2.05, 4.69) is 106 Å². The van der Waals surface area contributed by atoms with Crippen molar-refractivity contribution in [3.05, 3.63) is 107 Å². The molecule has 2 aliphatic carbocycles. The quantitative estimate of drug-likeness (QED) is 0.297. The summed E-state index contributed by atoms with van der Waals surface area (Å²) in [4.78, 5) is 0. The number of hydrogen-bond donors (Lipinski definition) is 0. The van der Waals surface area contributed by atoms with Crippen molar-refractivity contribution >= 4 is 21.5 Å². The minimum Gasteiger partial charge on any atom is -0.0767 e. The number of allylic oxidation sites excluding steroid dienone is 4. The molecule has 0 nitrogen and oxygen atoms in total. The lowest BCUT2D eigenvalue weighted by Gasteiger charge is -2.34. The highest BCUT2D eigenvalue weighted by Crippen LogP contribution is 2.59. The van der Waals surface area contributed by atoms with Crippen LogP contribution in [-0.4, -0.2) is 0 Å². The van der Waals surface area contributed by atoms with Crippen LogP contribution in [0, 0.1) is 5.41 Å². The summed E-state index contributed by atoms with van der Waals surface area (Å²) in [6.07, 6.45) is 9.94. The fourth-order valence-electron chi connectivity index (χ4n) is 6.33. The Labute approximate surface area is 197 Å². The molecule has 0 saturated heterocycles. The smallest absolute Gasteiger partial charge is 0.0194 e. The number of unbranched alkanes of at least 4 members (excludes halogenated alkanes) is 1. The van der Waals surface area contributed by atoms with Gasteiger partial charge >= 0.3 is 0 Å². The maximum Gasteiger partial charge on any atom is 0.0194 e. The molecule has 164 valence electrons. The highest BCUT2D eigenvalue weighted by Gasteiger charge is 2.42. The van der Waals surface area contributed by atoms with Gasteiger partial charge in [0.15, 0.2) is 0 Å². The van der Waals surface area contributed by atoms with Crippen molar-refractivity contribution in [1.29, 1.82) is 0 Å². The largest absolute Gasteiger partial charge is 0.0767 e. The summed E-state index contributed by atoms with van der Waals surface area (Å²) in [7, 11) is 0. The first kappa shape index (κ1) is 20.5. The maximum atomic E-state index is 2.52. The molecule has 0 bridgehead atoms. The first-order valence-electron chi connectivity index (χ1n) is 12.5. The molecule has 0 saturated carbocycles. The number of benzene rings is 4. The summed E-state index contributed by atoms with van der Waals surface area (Å²) in [5.74, 6) is 0.352. The average molecular weight is 429 g/mol. The van der Waals surface area contributed by atoms with E-state index in [9.17, 15) is 0 Å². The molecule has 0 heteroatoms. The van der Waals surface area contributed by atoms with E-state index in [0.717, 1.165) is 6.42 Å². The molecule has 0 unspecified atom stereocenters. The van der Waals surface area contributed by atoms with Crippen molar-refractivity contribution < 1.29 is 0 Å². The highest BCUT2D eigenvalue weighted by atomic mass is 14.5. The predicted octanol–water partition coefficient (Wildman–Crippen LogP) is 9.58. The molecule has 0 atom stereocenters. The maximum absolute atomic E-state index is 2.52. The second kappa shape index (κ2) is 7.73. The summed E-state index contributed by atoms with van der Waals surface area (Å²) in [6, 6.07) is 27.3. The minimum atomic E-state index is 0.0267. The third kappa shape index (κ3) is 3.11. The summed E-state index contributed by atoms with van der Waals surface area (Å²) >= 11 is 0. The molecule has 4 aromatic rings. The van der Waals surface area contributed by atoms with Crippen LogP contribution in [0.25, 0.3) is 32.7 Å². The lowest BCUT2D eigenvalue weighted by molar-refractivity contribution is 0.403. The third-order valence-electron chi connectivity index (χ3n) is 8.06. The topological polar surface area (TPSA) is 0 Å². The van der Waals surface area contributed by atoms with Crippen LogP contribution < -0.4 is 0 Å². The van der Waals surface area contributed by atoms with Crippen molar-refractivity contribution in [1.82, 2.24) is 0 Å². The monoisotopic (exact) mass is 428 g/mol. The number of rotatable bonds is 5. The molecule has 0 radical (unpaired) electrons. The molecular weight excluding hydrogens is 396 g/mol. The summed E-state index contributed by atoms with van der Waals surface area (Å²) in [5.41, 5.74) is 9.02. The molecule has 0 spiro atoms. The second-order valence-corrected chi connectivity index (χ2v) is 10.4. The van der Waals surface area contributed by atoms with Gasteiger partial charge in [-0.1, -0.05) is 118 Å². The summed E-state index contributed by atoms with van der Waals surface area (Å²) in [6.45, 7) is 7.22. The molecule has 0 heterocycles. The molecule has 33 heavy (non-hydrogen) atoms. The fourth-order valence-corrected chi connectivity index (χ4v) is 6.33. The first-order valence-corrected chi connectivity index (χ1v) is 12.5. The van der Waals surface area contributed by atoms with Gasteiger partial charge in [-0.25, -0.2) is 0 Å². The van der Waals surface area contributed by atoms with Gasteiger partial charge < -0.3 is 0 Å². The zero-order valence-corrected chi connectivity index (χ0v) is 20.0. The van der Waals surface area contributed by atoms with E-state index in [-0.39, 0.29) is 5.41 Å². The van der Waals surface area contributed by atoms with Gasteiger partial charge in [0.25, 0.3) is 0 Å². The van der Waals surface area contributed by atoms with E-state index in [0.29, 0.717) is 5.92 Å². The zero-order chi connectivity index (χ0) is 22.6. The van der Waals surface area contributed by atoms with Gasteiger partial charge in [-0.3, -0.25) is 0 Å². The molecule has 0 amide bonds. The van der Waals surface area contributed by atoms with Crippen molar-refractivity contribution in [2.24, 2.45) is 5.41 Å². The molecule has 0 aliphatic heterocycles. The van der Waals surface area contributed by atoms with Gasteiger partial charge in [-0.15, -0.1) is 0 Å². The van der Waals surface area contributed by atoms with Crippen LogP contribution in [0.2, 0.25) is 0 Å².